The van der Waals surface area contributed by atoms with Gasteiger partial charge in [-0.15, -0.1) is 5.10 Å². The van der Waals surface area contributed by atoms with Crippen molar-refractivity contribution >= 4 is 17.6 Å². The first-order chi connectivity index (χ1) is 14.7. The van der Waals surface area contributed by atoms with Crippen LogP contribution in [0.25, 0.3) is 11.6 Å². The molecule has 1 amide bonds. The number of carbonyl (C=O) groups excluding carboxylic acids is 1. The lowest BCUT2D eigenvalue weighted by Crippen LogP contribution is -2.37. The van der Waals surface area contributed by atoms with Gasteiger partial charge in [-0.3, -0.25) is 9.89 Å². The van der Waals surface area contributed by atoms with Crippen molar-refractivity contribution in [2.24, 2.45) is 4.99 Å². The fourth-order valence-corrected chi connectivity index (χ4v) is 3.27. The second-order valence-electron chi connectivity index (χ2n) is 6.95. The molecule has 0 spiro atoms. The summed E-state index contributed by atoms with van der Waals surface area (Å²) < 4.78 is 5.31. The second kappa shape index (κ2) is 9.25. The molecule has 156 valence electrons. The molecule has 0 atom stereocenters. The molecule has 9 nitrogen and oxygen atoms in total. The number of aromatic amines is 1. The lowest BCUT2D eigenvalue weighted by atomic mass is 10.2. The molecule has 0 bridgehead atoms. The number of amides is 1. The molecule has 9 heteroatoms. The molecule has 0 aliphatic carbocycles. The molecule has 0 radical (unpaired) electrons. The molecule has 30 heavy (non-hydrogen) atoms. The Labute approximate surface area is 174 Å². The SMILES string of the molecule is CCNC(=NCc1ccc(N2CCCC2=O)cc1)NCc1nc(-c2ccco2)n[nH]1. The van der Waals surface area contributed by atoms with Crippen molar-refractivity contribution in [3.63, 3.8) is 0 Å². The third kappa shape index (κ3) is 4.68. The Kier molecular flexibility index (Phi) is 6.07. The highest BCUT2D eigenvalue weighted by atomic mass is 16.3. The molecule has 1 fully saturated rings. The minimum atomic E-state index is 0.196. The van der Waals surface area contributed by atoms with E-state index in [1.807, 2.05) is 42.2 Å². The van der Waals surface area contributed by atoms with Gasteiger partial charge in [0.15, 0.2) is 11.7 Å². The summed E-state index contributed by atoms with van der Waals surface area (Å²) in [6.45, 7) is 4.54. The predicted molar refractivity (Wildman–Crippen MR) is 114 cm³/mol. The van der Waals surface area contributed by atoms with Gasteiger partial charge >= 0.3 is 0 Å². The topological polar surface area (TPSA) is 111 Å². The molecule has 0 saturated carbocycles. The van der Waals surface area contributed by atoms with Crippen molar-refractivity contribution in [3.8, 4) is 11.6 Å². The number of hydrogen-bond donors (Lipinski definition) is 3. The standard InChI is InChI=1S/C21H25N7O2/c1-2-22-21(24-14-18-25-20(27-26-18)17-5-4-12-30-17)23-13-15-7-9-16(10-8-15)28-11-3-6-19(28)29/h4-5,7-10,12H,2-3,6,11,13-14H2,1H3,(H2,22,23,24)(H,25,26,27). The number of rotatable bonds is 7. The van der Waals surface area contributed by atoms with Crippen molar-refractivity contribution < 1.29 is 9.21 Å². The largest absolute Gasteiger partial charge is 0.461 e. The molecule has 3 heterocycles. The Hall–Kier alpha value is -3.62. The number of hydrogen-bond acceptors (Lipinski definition) is 5. The number of nitrogens with one attached hydrogen (secondary N) is 3. The Morgan fingerprint density at radius 1 is 1.27 bits per heavy atom. The molecule has 2 aromatic heterocycles. The Morgan fingerprint density at radius 3 is 2.83 bits per heavy atom. The predicted octanol–water partition coefficient (Wildman–Crippen LogP) is 2.45. The van der Waals surface area contributed by atoms with Gasteiger partial charge in [-0.25, -0.2) is 9.98 Å². The van der Waals surface area contributed by atoms with E-state index in [1.54, 1.807) is 12.3 Å². The number of aliphatic imine (C=N–C) groups is 1. The Bertz CT molecular complexity index is 993. The highest BCUT2D eigenvalue weighted by Crippen LogP contribution is 2.21. The third-order valence-corrected chi connectivity index (χ3v) is 4.78. The molecular weight excluding hydrogens is 382 g/mol. The van der Waals surface area contributed by atoms with Crippen molar-refractivity contribution in [2.75, 3.05) is 18.0 Å². The van der Waals surface area contributed by atoms with Gasteiger partial charge in [0.2, 0.25) is 11.7 Å². The van der Waals surface area contributed by atoms with Crippen LogP contribution in [0.2, 0.25) is 0 Å². The first-order valence-electron chi connectivity index (χ1n) is 10.1. The highest BCUT2D eigenvalue weighted by Gasteiger charge is 2.21. The summed E-state index contributed by atoms with van der Waals surface area (Å²) in [5, 5.41) is 13.5. The van der Waals surface area contributed by atoms with E-state index in [9.17, 15) is 4.79 Å². The zero-order chi connectivity index (χ0) is 20.8. The molecule has 1 saturated heterocycles. The molecule has 3 N–H and O–H groups in total. The Balaban J connectivity index is 1.35. The fourth-order valence-electron chi connectivity index (χ4n) is 3.27. The number of carbonyl (C=O) groups is 1. The maximum atomic E-state index is 11.9. The van der Waals surface area contributed by atoms with E-state index in [4.69, 9.17) is 4.42 Å². The average Bonchev–Trinajstić information content (AvgIpc) is 3.52. The van der Waals surface area contributed by atoms with E-state index < -0.39 is 0 Å². The van der Waals surface area contributed by atoms with Gasteiger partial charge in [0, 0.05) is 25.2 Å². The Morgan fingerprint density at radius 2 is 2.13 bits per heavy atom. The zero-order valence-electron chi connectivity index (χ0n) is 16.9. The maximum absolute atomic E-state index is 11.9. The number of guanidine groups is 1. The van der Waals surface area contributed by atoms with Crippen LogP contribution in [0.15, 0.2) is 52.1 Å². The number of furan rings is 1. The van der Waals surface area contributed by atoms with E-state index in [-0.39, 0.29) is 5.91 Å². The molecule has 1 aliphatic rings. The van der Waals surface area contributed by atoms with Crippen LogP contribution in [0.1, 0.15) is 31.2 Å². The first-order valence-corrected chi connectivity index (χ1v) is 10.1. The van der Waals surface area contributed by atoms with Crippen LogP contribution >= 0.6 is 0 Å². The summed E-state index contributed by atoms with van der Waals surface area (Å²) in [6, 6.07) is 11.6. The van der Waals surface area contributed by atoms with Crippen LogP contribution in [0.5, 0.6) is 0 Å². The van der Waals surface area contributed by atoms with Crippen LogP contribution in [0, 0.1) is 0 Å². The van der Waals surface area contributed by atoms with Crippen LogP contribution in [0.3, 0.4) is 0 Å². The summed E-state index contributed by atoms with van der Waals surface area (Å²) >= 11 is 0. The molecule has 0 unspecified atom stereocenters. The molecule has 3 aromatic rings. The van der Waals surface area contributed by atoms with Crippen molar-refractivity contribution in [2.45, 2.75) is 32.9 Å². The maximum Gasteiger partial charge on any atom is 0.227 e. The van der Waals surface area contributed by atoms with E-state index in [1.165, 1.54) is 0 Å². The van der Waals surface area contributed by atoms with Crippen LogP contribution in [-0.4, -0.2) is 40.1 Å². The normalized spacial score (nSPS) is 14.4. The minimum Gasteiger partial charge on any atom is -0.461 e. The monoisotopic (exact) mass is 407 g/mol. The summed E-state index contributed by atoms with van der Waals surface area (Å²) in [5.41, 5.74) is 2.02. The smallest absolute Gasteiger partial charge is 0.227 e. The number of anilines is 1. The van der Waals surface area contributed by atoms with Gasteiger partial charge in [-0.05, 0) is 43.2 Å². The van der Waals surface area contributed by atoms with E-state index in [0.717, 1.165) is 30.8 Å². The van der Waals surface area contributed by atoms with Crippen LogP contribution in [0.4, 0.5) is 5.69 Å². The number of H-pyrrole nitrogens is 1. The summed E-state index contributed by atoms with van der Waals surface area (Å²) in [7, 11) is 0. The molecule has 1 aliphatic heterocycles. The van der Waals surface area contributed by atoms with Gasteiger partial charge in [0.1, 0.15) is 5.82 Å². The van der Waals surface area contributed by atoms with Crippen LogP contribution < -0.4 is 15.5 Å². The average molecular weight is 407 g/mol. The van der Waals surface area contributed by atoms with E-state index in [2.05, 4.69) is 30.8 Å². The van der Waals surface area contributed by atoms with Gasteiger partial charge < -0.3 is 20.0 Å². The minimum absolute atomic E-state index is 0.196. The summed E-state index contributed by atoms with van der Waals surface area (Å²) in [4.78, 5) is 22.8. The van der Waals surface area contributed by atoms with Gasteiger partial charge in [0.25, 0.3) is 0 Å². The number of nitrogens with zero attached hydrogens (tertiary/aromatic N) is 4. The lowest BCUT2D eigenvalue weighted by molar-refractivity contribution is -0.117. The quantitative estimate of drug-likeness (QED) is 0.410. The second-order valence-corrected chi connectivity index (χ2v) is 6.95. The third-order valence-electron chi connectivity index (χ3n) is 4.78. The fraction of sp³-hybridized carbons (Fsp3) is 0.333. The lowest BCUT2D eigenvalue weighted by Gasteiger charge is -2.15. The van der Waals surface area contributed by atoms with E-state index >= 15 is 0 Å². The van der Waals surface area contributed by atoms with Gasteiger partial charge in [0.05, 0.1) is 19.4 Å². The molecule has 4 rings (SSSR count). The number of aromatic nitrogens is 3. The first kappa shape index (κ1) is 19.7. The van der Waals surface area contributed by atoms with Gasteiger partial charge in [-0.2, -0.15) is 0 Å². The molecular formula is C21H25N7O2. The number of benzene rings is 1. The van der Waals surface area contributed by atoms with Crippen molar-refractivity contribution in [3.05, 3.63) is 54.0 Å². The van der Waals surface area contributed by atoms with Gasteiger partial charge in [-0.1, -0.05) is 12.1 Å². The molecule has 1 aromatic carbocycles. The van der Waals surface area contributed by atoms with Crippen LogP contribution in [-0.2, 0) is 17.9 Å². The summed E-state index contributed by atoms with van der Waals surface area (Å²) in [6.07, 6.45) is 3.16. The van der Waals surface area contributed by atoms with E-state index in [0.29, 0.717) is 42.9 Å². The zero-order valence-corrected chi connectivity index (χ0v) is 16.9. The highest BCUT2D eigenvalue weighted by molar-refractivity contribution is 5.95. The summed E-state index contributed by atoms with van der Waals surface area (Å²) in [5.74, 6) is 2.72. The van der Waals surface area contributed by atoms with Crippen molar-refractivity contribution in [1.82, 2.24) is 25.8 Å². The van der Waals surface area contributed by atoms with Crippen molar-refractivity contribution in [1.29, 1.82) is 0 Å².